The van der Waals surface area contributed by atoms with Crippen LogP contribution in [0.15, 0.2) is 24.3 Å². The van der Waals surface area contributed by atoms with E-state index in [2.05, 4.69) is 0 Å². The van der Waals surface area contributed by atoms with Gasteiger partial charge in [0.15, 0.2) is 0 Å². The van der Waals surface area contributed by atoms with Crippen LogP contribution in [0.4, 0.5) is 13.2 Å². The van der Waals surface area contributed by atoms with E-state index < -0.39 is 41.2 Å². The fourth-order valence-corrected chi connectivity index (χ4v) is 1.99. The van der Waals surface area contributed by atoms with Crippen LogP contribution in [-0.2, 0) is 11.0 Å². The van der Waals surface area contributed by atoms with Crippen LogP contribution in [0.25, 0.3) is 0 Å². The Morgan fingerprint density at radius 2 is 1.74 bits per heavy atom. The third-order valence-corrected chi connectivity index (χ3v) is 2.93. The molecule has 0 aliphatic heterocycles. The number of carboxylic acid groups (broad SMARTS) is 1. The van der Waals surface area contributed by atoms with Gasteiger partial charge in [-0.25, -0.2) is 0 Å². The number of benzene rings is 1. The first kappa shape index (κ1) is 15.5. The molecule has 106 valence electrons. The molecule has 0 spiro atoms. The number of halogens is 3. The van der Waals surface area contributed by atoms with Crippen LogP contribution in [0.3, 0.4) is 0 Å². The zero-order valence-corrected chi connectivity index (χ0v) is 10.5. The smallest absolute Gasteiger partial charge is 0.416 e. The highest BCUT2D eigenvalue weighted by atomic mass is 19.4. The lowest BCUT2D eigenvalue weighted by Crippen LogP contribution is -2.28. The summed E-state index contributed by atoms with van der Waals surface area (Å²) >= 11 is 0. The quantitative estimate of drug-likeness (QED) is 0.888. The highest BCUT2D eigenvalue weighted by Gasteiger charge is 2.38. The summed E-state index contributed by atoms with van der Waals surface area (Å²) in [4.78, 5) is 11.1. The maximum atomic E-state index is 12.8. The average molecular weight is 276 g/mol. The standard InChI is InChI=1S/C13H15F3O3/c1-7(2)10(12(18)19)11(17)8-5-3-4-6-9(8)13(14,15)16/h3-7,10-11,17H,1-2H3,(H,18,19). The van der Waals surface area contributed by atoms with Gasteiger partial charge in [0.05, 0.1) is 17.6 Å². The van der Waals surface area contributed by atoms with E-state index in [1.807, 2.05) is 0 Å². The Morgan fingerprint density at radius 3 is 2.16 bits per heavy atom. The van der Waals surface area contributed by atoms with Gasteiger partial charge in [0, 0.05) is 0 Å². The number of aliphatic hydroxyl groups is 1. The number of aliphatic carboxylic acids is 1. The zero-order valence-electron chi connectivity index (χ0n) is 10.5. The van der Waals surface area contributed by atoms with Crippen LogP contribution in [0.5, 0.6) is 0 Å². The molecule has 0 fully saturated rings. The molecule has 0 saturated carbocycles. The predicted molar refractivity (Wildman–Crippen MR) is 62.4 cm³/mol. The molecular formula is C13H15F3O3. The topological polar surface area (TPSA) is 57.5 Å². The Balaban J connectivity index is 3.26. The van der Waals surface area contributed by atoms with Crippen LogP contribution in [0, 0.1) is 11.8 Å². The van der Waals surface area contributed by atoms with Crippen LogP contribution in [0.1, 0.15) is 31.1 Å². The first-order chi connectivity index (χ1) is 8.66. The Kier molecular flexibility index (Phi) is 4.57. The number of carboxylic acids is 1. The van der Waals surface area contributed by atoms with E-state index in [1.165, 1.54) is 26.0 Å². The summed E-state index contributed by atoms with van der Waals surface area (Å²) in [7, 11) is 0. The Labute approximate surface area is 108 Å². The van der Waals surface area contributed by atoms with Gasteiger partial charge in [0.1, 0.15) is 0 Å². The van der Waals surface area contributed by atoms with Crippen LogP contribution >= 0.6 is 0 Å². The van der Waals surface area contributed by atoms with Crippen molar-refractivity contribution >= 4 is 5.97 Å². The van der Waals surface area contributed by atoms with Crippen molar-refractivity contribution in [1.29, 1.82) is 0 Å². The van der Waals surface area contributed by atoms with Crippen molar-refractivity contribution in [1.82, 2.24) is 0 Å². The fourth-order valence-electron chi connectivity index (χ4n) is 1.99. The summed E-state index contributed by atoms with van der Waals surface area (Å²) in [5, 5.41) is 19.0. The van der Waals surface area contributed by atoms with Gasteiger partial charge in [-0.05, 0) is 17.5 Å². The average Bonchev–Trinajstić information content (AvgIpc) is 2.26. The molecule has 1 aromatic rings. The van der Waals surface area contributed by atoms with Gasteiger partial charge < -0.3 is 10.2 Å². The Hall–Kier alpha value is -1.56. The maximum absolute atomic E-state index is 12.8. The summed E-state index contributed by atoms with van der Waals surface area (Å²) < 4.78 is 38.4. The Morgan fingerprint density at radius 1 is 1.21 bits per heavy atom. The molecule has 0 aliphatic rings. The normalized spacial score (nSPS) is 15.3. The summed E-state index contributed by atoms with van der Waals surface area (Å²) in [5.74, 6) is -3.10. The van der Waals surface area contributed by atoms with Crippen molar-refractivity contribution in [3.63, 3.8) is 0 Å². The molecule has 19 heavy (non-hydrogen) atoms. The monoisotopic (exact) mass is 276 g/mol. The minimum absolute atomic E-state index is 0.406. The number of alkyl halides is 3. The lowest BCUT2D eigenvalue weighted by atomic mass is 9.85. The highest BCUT2D eigenvalue weighted by molar-refractivity contribution is 5.71. The number of carbonyl (C=O) groups is 1. The molecule has 2 atom stereocenters. The van der Waals surface area contributed by atoms with E-state index in [4.69, 9.17) is 5.11 Å². The molecular weight excluding hydrogens is 261 g/mol. The second kappa shape index (κ2) is 5.61. The maximum Gasteiger partial charge on any atom is 0.416 e. The molecule has 0 saturated heterocycles. The van der Waals surface area contributed by atoms with Gasteiger partial charge in [-0.15, -0.1) is 0 Å². The molecule has 0 bridgehead atoms. The second-order valence-electron chi connectivity index (χ2n) is 4.64. The second-order valence-corrected chi connectivity index (χ2v) is 4.64. The zero-order chi connectivity index (χ0) is 14.8. The van der Waals surface area contributed by atoms with Gasteiger partial charge in [-0.1, -0.05) is 32.0 Å². The molecule has 0 heterocycles. The lowest BCUT2D eigenvalue weighted by Gasteiger charge is -2.25. The lowest BCUT2D eigenvalue weighted by molar-refractivity contribution is -0.150. The van der Waals surface area contributed by atoms with Crippen LogP contribution in [-0.4, -0.2) is 16.2 Å². The fraction of sp³-hybridized carbons (Fsp3) is 0.462. The van der Waals surface area contributed by atoms with E-state index in [0.717, 1.165) is 12.1 Å². The van der Waals surface area contributed by atoms with Crippen molar-refractivity contribution in [3.8, 4) is 0 Å². The van der Waals surface area contributed by atoms with Crippen molar-refractivity contribution in [2.24, 2.45) is 11.8 Å². The van der Waals surface area contributed by atoms with Gasteiger partial charge >= 0.3 is 12.1 Å². The van der Waals surface area contributed by atoms with Crippen molar-refractivity contribution < 1.29 is 28.2 Å². The van der Waals surface area contributed by atoms with Crippen molar-refractivity contribution in [2.75, 3.05) is 0 Å². The number of aliphatic hydroxyl groups excluding tert-OH is 1. The van der Waals surface area contributed by atoms with E-state index in [0.29, 0.717) is 0 Å². The predicted octanol–water partition coefficient (Wildman–Crippen LogP) is 3.10. The van der Waals surface area contributed by atoms with Gasteiger partial charge in [-0.3, -0.25) is 4.79 Å². The molecule has 0 radical (unpaired) electrons. The molecule has 2 unspecified atom stereocenters. The molecule has 0 aliphatic carbocycles. The summed E-state index contributed by atoms with van der Waals surface area (Å²) in [6.07, 6.45) is -6.33. The third kappa shape index (κ3) is 3.47. The highest BCUT2D eigenvalue weighted by Crippen LogP contribution is 2.38. The first-order valence-electron chi connectivity index (χ1n) is 5.73. The number of hydrogen-bond acceptors (Lipinski definition) is 2. The van der Waals surface area contributed by atoms with Gasteiger partial charge in [-0.2, -0.15) is 13.2 Å². The van der Waals surface area contributed by atoms with Gasteiger partial charge in [0.25, 0.3) is 0 Å². The van der Waals surface area contributed by atoms with E-state index in [1.54, 1.807) is 0 Å². The minimum Gasteiger partial charge on any atom is -0.481 e. The van der Waals surface area contributed by atoms with E-state index >= 15 is 0 Å². The van der Waals surface area contributed by atoms with Crippen LogP contribution < -0.4 is 0 Å². The summed E-state index contributed by atoms with van der Waals surface area (Å²) in [6.45, 7) is 3.08. The molecule has 6 heteroatoms. The Bertz CT molecular complexity index is 455. The third-order valence-electron chi connectivity index (χ3n) is 2.93. The number of hydrogen-bond donors (Lipinski definition) is 2. The minimum atomic E-state index is -4.63. The molecule has 0 amide bonds. The molecule has 1 aromatic carbocycles. The molecule has 2 N–H and O–H groups in total. The van der Waals surface area contributed by atoms with E-state index in [-0.39, 0.29) is 0 Å². The largest absolute Gasteiger partial charge is 0.481 e. The first-order valence-corrected chi connectivity index (χ1v) is 5.73. The van der Waals surface area contributed by atoms with Crippen molar-refractivity contribution in [2.45, 2.75) is 26.1 Å². The number of rotatable bonds is 4. The van der Waals surface area contributed by atoms with Gasteiger partial charge in [0.2, 0.25) is 0 Å². The SMILES string of the molecule is CC(C)C(C(=O)O)C(O)c1ccccc1C(F)(F)F. The van der Waals surface area contributed by atoms with Crippen molar-refractivity contribution in [3.05, 3.63) is 35.4 Å². The molecule has 1 rings (SSSR count). The van der Waals surface area contributed by atoms with E-state index in [9.17, 15) is 23.1 Å². The molecule has 3 nitrogen and oxygen atoms in total. The summed E-state index contributed by atoms with van der Waals surface area (Å²) in [5.41, 5.74) is -1.41. The summed E-state index contributed by atoms with van der Waals surface area (Å²) in [6, 6.07) is 4.47. The molecule has 0 aromatic heterocycles. The van der Waals surface area contributed by atoms with Crippen LogP contribution in [0.2, 0.25) is 0 Å².